The summed E-state index contributed by atoms with van der Waals surface area (Å²) in [4.78, 5) is 0. The molecule has 1 unspecified atom stereocenters. The van der Waals surface area contributed by atoms with Crippen LogP contribution in [0.2, 0.25) is 0 Å². The van der Waals surface area contributed by atoms with Crippen molar-refractivity contribution >= 4 is 0 Å². The van der Waals surface area contributed by atoms with Crippen LogP contribution in [0.1, 0.15) is 24.0 Å². The maximum Gasteiger partial charge on any atom is 0.416 e. The number of hydrogen-bond donors (Lipinski definition) is 1. The molecule has 0 fully saturated rings. The van der Waals surface area contributed by atoms with Crippen molar-refractivity contribution in [2.75, 3.05) is 13.1 Å². The molecule has 1 aliphatic heterocycles. The van der Waals surface area contributed by atoms with Gasteiger partial charge in [0.15, 0.2) is 0 Å². The highest BCUT2D eigenvalue weighted by molar-refractivity contribution is 5.24. The lowest BCUT2D eigenvalue weighted by molar-refractivity contribution is -0.137. The summed E-state index contributed by atoms with van der Waals surface area (Å²) in [6.07, 6.45) is 3.03. The lowest BCUT2D eigenvalue weighted by Crippen LogP contribution is -2.25. The summed E-state index contributed by atoms with van der Waals surface area (Å²) in [7, 11) is 0. The summed E-state index contributed by atoms with van der Waals surface area (Å²) >= 11 is 0. The molecule has 1 aliphatic rings. The molecule has 0 aromatic heterocycles. The molecule has 0 aliphatic carbocycles. The third-order valence-electron chi connectivity index (χ3n) is 3.40. The summed E-state index contributed by atoms with van der Waals surface area (Å²) in [6, 6.07) is 5.49. The average molecular weight is 269 g/mol. The Bertz CT molecular complexity index is 420. The molecule has 1 heterocycles. The standard InChI is InChI=1S/C15H18F3N/c16-15(17,18)14-8-6-12(7-9-14)3-1-4-13-5-2-10-19-11-13/h2,5-9,13,19H,1,3-4,10-11H2. The first-order valence-corrected chi connectivity index (χ1v) is 6.59. The Labute approximate surface area is 111 Å². The van der Waals surface area contributed by atoms with Crippen molar-refractivity contribution in [3.05, 3.63) is 47.5 Å². The van der Waals surface area contributed by atoms with Crippen LogP contribution in [0.25, 0.3) is 0 Å². The largest absolute Gasteiger partial charge is 0.416 e. The molecule has 2 rings (SSSR count). The lowest BCUT2D eigenvalue weighted by atomic mass is 9.97. The van der Waals surface area contributed by atoms with Crippen LogP contribution in [0, 0.1) is 5.92 Å². The Balaban J connectivity index is 1.80. The molecule has 0 spiro atoms. The van der Waals surface area contributed by atoms with E-state index < -0.39 is 11.7 Å². The molecule has 0 saturated heterocycles. The van der Waals surface area contributed by atoms with Crippen LogP contribution in [-0.2, 0) is 12.6 Å². The molecule has 1 aromatic carbocycles. The van der Waals surface area contributed by atoms with Crippen LogP contribution >= 0.6 is 0 Å². The second kappa shape index (κ2) is 6.24. The number of aryl methyl sites for hydroxylation is 1. The number of alkyl halides is 3. The van der Waals surface area contributed by atoms with Gasteiger partial charge in [-0.05, 0) is 42.9 Å². The summed E-state index contributed by atoms with van der Waals surface area (Å²) in [5.74, 6) is 0.559. The quantitative estimate of drug-likeness (QED) is 0.820. The number of rotatable bonds is 4. The molecule has 0 bridgehead atoms. The van der Waals surface area contributed by atoms with Gasteiger partial charge >= 0.3 is 6.18 Å². The molecule has 1 atom stereocenters. The lowest BCUT2D eigenvalue weighted by Gasteiger charge is -2.17. The van der Waals surface area contributed by atoms with E-state index >= 15 is 0 Å². The molecule has 1 aromatic rings. The van der Waals surface area contributed by atoms with E-state index in [1.54, 1.807) is 12.1 Å². The van der Waals surface area contributed by atoms with Crippen LogP contribution in [0.3, 0.4) is 0 Å². The van der Waals surface area contributed by atoms with Gasteiger partial charge in [0.2, 0.25) is 0 Å². The van der Waals surface area contributed by atoms with E-state index in [0.29, 0.717) is 5.92 Å². The van der Waals surface area contributed by atoms with E-state index in [-0.39, 0.29) is 0 Å². The van der Waals surface area contributed by atoms with E-state index in [1.165, 1.54) is 0 Å². The Morgan fingerprint density at radius 3 is 2.47 bits per heavy atom. The van der Waals surface area contributed by atoms with Crippen molar-refractivity contribution in [3.63, 3.8) is 0 Å². The van der Waals surface area contributed by atoms with E-state index in [4.69, 9.17) is 0 Å². The molecule has 0 radical (unpaired) electrons. The molecule has 1 N–H and O–H groups in total. The van der Waals surface area contributed by atoms with Crippen LogP contribution in [0.4, 0.5) is 13.2 Å². The summed E-state index contributed by atoms with van der Waals surface area (Å²) < 4.78 is 37.2. The minimum Gasteiger partial charge on any atom is -0.313 e. The van der Waals surface area contributed by atoms with Gasteiger partial charge in [0.25, 0.3) is 0 Å². The summed E-state index contributed by atoms with van der Waals surface area (Å²) in [5, 5.41) is 3.30. The monoisotopic (exact) mass is 269 g/mol. The van der Waals surface area contributed by atoms with Crippen molar-refractivity contribution in [3.8, 4) is 0 Å². The van der Waals surface area contributed by atoms with Gasteiger partial charge in [0, 0.05) is 13.1 Å². The Morgan fingerprint density at radius 1 is 1.16 bits per heavy atom. The second-order valence-corrected chi connectivity index (χ2v) is 4.93. The zero-order valence-corrected chi connectivity index (χ0v) is 10.7. The smallest absolute Gasteiger partial charge is 0.313 e. The molecule has 4 heteroatoms. The molecular weight excluding hydrogens is 251 g/mol. The SMILES string of the molecule is FC(F)(F)c1ccc(CCCC2C=CCNC2)cc1. The van der Waals surface area contributed by atoms with Crippen molar-refractivity contribution < 1.29 is 13.2 Å². The van der Waals surface area contributed by atoms with E-state index in [1.807, 2.05) is 0 Å². The van der Waals surface area contributed by atoms with Gasteiger partial charge in [-0.15, -0.1) is 0 Å². The minimum atomic E-state index is -4.24. The highest BCUT2D eigenvalue weighted by Gasteiger charge is 2.29. The van der Waals surface area contributed by atoms with E-state index in [9.17, 15) is 13.2 Å². The topological polar surface area (TPSA) is 12.0 Å². The Kier molecular flexibility index (Phi) is 4.64. The third kappa shape index (κ3) is 4.39. The zero-order chi connectivity index (χ0) is 13.7. The highest BCUT2D eigenvalue weighted by Crippen LogP contribution is 2.29. The van der Waals surface area contributed by atoms with Crippen molar-refractivity contribution in [1.82, 2.24) is 5.32 Å². The molecule has 0 amide bonds. The van der Waals surface area contributed by atoms with Gasteiger partial charge in [0.05, 0.1) is 5.56 Å². The van der Waals surface area contributed by atoms with Crippen molar-refractivity contribution in [2.24, 2.45) is 5.92 Å². The zero-order valence-electron chi connectivity index (χ0n) is 10.7. The van der Waals surface area contributed by atoms with Gasteiger partial charge in [0.1, 0.15) is 0 Å². The third-order valence-corrected chi connectivity index (χ3v) is 3.40. The fourth-order valence-corrected chi connectivity index (χ4v) is 2.31. The number of nitrogens with one attached hydrogen (secondary N) is 1. The normalized spacial score (nSPS) is 19.6. The molecule has 1 nitrogen and oxygen atoms in total. The van der Waals surface area contributed by atoms with Crippen molar-refractivity contribution in [2.45, 2.75) is 25.4 Å². The minimum absolute atomic E-state index is 0.559. The van der Waals surface area contributed by atoms with Gasteiger partial charge in [-0.1, -0.05) is 24.3 Å². The predicted octanol–water partition coefficient (Wildman–Crippen LogP) is 3.80. The fourth-order valence-electron chi connectivity index (χ4n) is 2.31. The Morgan fingerprint density at radius 2 is 1.89 bits per heavy atom. The van der Waals surface area contributed by atoms with Gasteiger partial charge < -0.3 is 5.32 Å². The van der Waals surface area contributed by atoms with Gasteiger partial charge in [-0.25, -0.2) is 0 Å². The second-order valence-electron chi connectivity index (χ2n) is 4.93. The highest BCUT2D eigenvalue weighted by atomic mass is 19.4. The first-order chi connectivity index (χ1) is 9.05. The molecule has 104 valence electrons. The average Bonchev–Trinajstić information content (AvgIpc) is 2.39. The van der Waals surface area contributed by atoms with Gasteiger partial charge in [-0.3, -0.25) is 0 Å². The molecule has 0 saturated carbocycles. The summed E-state index contributed by atoms with van der Waals surface area (Å²) in [5.41, 5.74) is 0.399. The maximum atomic E-state index is 12.4. The molecule has 19 heavy (non-hydrogen) atoms. The van der Waals surface area contributed by atoms with Crippen LogP contribution in [0.5, 0.6) is 0 Å². The predicted molar refractivity (Wildman–Crippen MR) is 69.9 cm³/mol. The van der Waals surface area contributed by atoms with Crippen LogP contribution in [0.15, 0.2) is 36.4 Å². The van der Waals surface area contributed by atoms with Crippen molar-refractivity contribution in [1.29, 1.82) is 0 Å². The first kappa shape index (κ1) is 14.1. The summed E-state index contributed by atoms with van der Waals surface area (Å²) in [6.45, 7) is 1.94. The Hall–Kier alpha value is -1.29. The van der Waals surface area contributed by atoms with E-state index in [2.05, 4.69) is 17.5 Å². The fraction of sp³-hybridized carbons (Fsp3) is 0.467. The number of hydrogen-bond acceptors (Lipinski definition) is 1. The maximum absolute atomic E-state index is 12.4. The van der Waals surface area contributed by atoms with Gasteiger partial charge in [-0.2, -0.15) is 13.2 Å². The van der Waals surface area contributed by atoms with Crippen LogP contribution < -0.4 is 5.32 Å². The van der Waals surface area contributed by atoms with E-state index in [0.717, 1.165) is 50.0 Å². The number of benzene rings is 1. The van der Waals surface area contributed by atoms with Crippen LogP contribution in [-0.4, -0.2) is 13.1 Å². The first-order valence-electron chi connectivity index (χ1n) is 6.59. The number of halogens is 3. The molecular formula is C15H18F3N.